The van der Waals surface area contributed by atoms with Crippen LogP contribution < -0.4 is 10.6 Å². The van der Waals surface area contributed by atoms with E-state index in [1.165, 1.54) is 5.56 Å². The molecule has 0 saturated carbocycles. The minimum atomic E-state index is -0.458. The lowest BCUT2D eigenvalue weighted by Gasteiger charge is -2.41. The molecule has 1 aliphatic rings. The highest BCUT2D eigenvalue weighted by atomic mass is 32.1. The molecule has 0 radical (unpaired) electrons. The molecular weight excluding hydrogens is 404 g/mol. The number of hydrogen-bond acceptors (Lipinski definition) is 5. The Morgan fingerprint density at radius 2 is 2.10 bits per heavy atom. The van der Waals surface area contributed by atoms with Crippen molar-refractivity contribution in [3.05, 3.63) is 22.4 Å². The van der Waals surface area contributed by atoms with Crippen molar-refractivity contribution in [2.45, 2.75) is 71.2 Å². The fraction of sp³-hybridized carbons (Fsp3) is 0.714. The molecule has 1 aromatic rings. The number of piperidine rings is 1. The van der Waals surface area contributed by atoms with Crippen molar-refractivity contribution in [1.82, 2.24) is 20.4 Å². The number of nitrogens with one attached hydrogen (secondary N) is 2. The predicted octanol–water partition coefficient (Wildman–Crippen LogP) is 3.82. The summed E-state index contributed by atoms with van der Waals surface area (Å²) >= 11 is 7.31. The second kappa shape index (κ2) is 11.1. The Hall–Kier alpha value is -1.38. The number of thiophene rings is 1. The number of hydrogen-bond donors (Lipinski definition) is 2. The summed E-state index contributed by atoms with van der Waals surface area (Å²) in [7, 11) is 1.90. The number of alkyl carbamates (subject to hydrolysis) is 1. The molecule has 164 valence electrons. The van der Waals surface area contributed by atoms with Gasteiger partial charge in [-0.25, -0.2) is 4.79 Å². The van der Waals surface area contributed by atoms with Crippen molar-refractivity contribution in [3.8, 4) is 0 Å². The number of rotatable bonds is 7. The summed E-state index contributed by atoms with van der Waals surface area (Å²) < 4.78 is 5.29. The van der Waals surface area contributed by atoms with Crippen molar-refractivity contribution < 1.29 is 9.53 Å². The van der Waals surface area contributed by atoms with Gasteiger partial charge in [0.1, 0.15) is 5.60 Å². The standard InChI is InChI=1S/C21H36N4O2S2/c1-16(6-10-23-20(26)27-21(2,3)4)24-11-7-18(8-12-24)25(19(28)22-5)14-17-9-13-29-15-17/h9,13,15-16,18H,6-8,10-12,14H2,1-5H3,(H,22,28)(H,23,26). The number of thiocarbonyl (C=S) groups is 1. The summed E-state index contributed by atoms with van der Waals surface area (Å²) in [6.45, 7) is 11.4. The minimum absolute atomic E-state index is 0.340. The molecule has 8 heteroatoms. The van der Waals surface area contributed by atoms with Crippen LogP contribution in [0.25, 0.3) is 0 Å². The molecule has 1 fully saturated rings. The molecule has 2 N–H and O–H groups in total. The van der Waals surface area contributed by atoms with E-state index in [-0.39, 0.29) is 6.09 Å². The molecular formula is C21H36N4O2S2. The van der Waals surface area contributed by atoms with Crippen LogP contribution in [-0.2, 0) is 11.3 Å². The van der Waals surface area contributed by atoms with Gasteiger partial charge in [0, 0.05) is 45.3 Å². The van der Waals surface area contributed by atoms with Crippen LogP contribution in [-0.4, -0.2) is 65.4 Å². The second-order valence-electron chi connectivity index (χ2n) is 8.65. The molecule has 2 heterocycles. The average molecular weight is 441 g/mol. The number of nitrogens with zero attached hydrogens (tertiary/aromatic N) is 2. The van der Waals surface area contributed by atoms with E-state index in [9.17, 15) is 4.79 Å². The van der Waals surface area contributed by atoms with Gasteiger partial charge in [0.2, 0.25) is 0 Å². The molecule has 29 heavy (non-hydrogen) atoms. The van der Waals surface area contributed by atoms with E-state index in [0.717, 1.165) is 44.0 Å². The number of likely N-dealkylation sites (tertiary alicyclic amines) is 1. The second-order valence-corrected chi connectivity index (χ2v) is 9.81. The first-order valence-corrected chi connectivity index (χ1v) is 11.7. The minimum Gasteiger partial charge on any atom is -0.444 e. The van der Waals surface area contributed by atoms with Gasteiger partial charge in [-0.1, -0.05) is 0 Å². The van der Waals surface area contributed by atoms with Crippen molar-refractivity contribution >= 4 is 34.8 Å². The molecule has 1 unspecified atom stereocenters. The van der Waals surface area contributed by atoms with E-state index in [2.05, 4.69) is 44.2 Å². The number of carbonyl (C=O) groups is 1. The monoisotopic (exact) mass is 440 g/mol. The summed E-state index contributed by atoms with van der Waals surface area (Å²) in [4.78, 5) is 16.6. The maximum Gasteiger partial charge on any atom is 0.407 e. The first-order chi connectivity index (χ1) is 13.7. The van der Waals surface area contributed by atoms with E-state index in [1.807, 2.05) is 27.8 Å². The summed E-state index contributed by atoms with van der Waals surface area (Å²) in [6.07, 6.45) is 2.76. The maximum absolute atomic E-state index is 11.8. The fourth-order valence-electron chi connectivity index (χ4n) is 3.61. The zero-order valence-corrected chi connectivity index (χ0v) is 20.0. The third-order valence-electron chi connectivity index (χ3n) is 5.20. The summed E-state index contributed by atoms with van der Waals surface area (Å²) in [5.74, 6) is 0. The zero-order valence-electron chi connectivity index (χ0n) is 18.4. The molecule has 1 saturated heterocycles. The van der Waals surface area contributed by atoms with E-state index < -0.39 is 5.60 Å². The zero-order chi connectivity index (χ0) is 21.4. The van der Waals surface area contributed by atoms with E-state index >= 15 is 0 Å². The number of amides is 1. The van der Waals surface area contributed by atoms with Gasteiger partial charge in [-0.15, -0.1) is 0 Å². The van der Waals surface area contributed by atoms with E-state index in [1.54, 1.807) is 11.3 Å². The smallest absolute Gasteiger partial charge is 0.407 e. The lowest BCUT2D eigenvalue weighted by molar-refractivity contribution is 0.0519. The van der Waals surface area contributed by atoms with Gasteiger partial charge < -0.3 is 25.2 Å². The van der Waals surface area contributed by atoms with Crippen LogP contribution in [0.2, 0.25) is 0 Å². The van der Waals surface area contributed by atoms with E-state index in [4.69, 9.17) is 17.0 Å². The highest BCUT2D eigenvalue weighted by Crippen LogP contribution is 2.22. The van der Waals surface area contributed by atoms with Crippen LogP contribution in [0.15, 0.2) is 16.8 Å². The number of ether oxygens (including phenoxy) is 1. The van der Waals surface area contributed by atoms with Gasteiger partial charge in [0.05, 0.1) is 0 Å². The molecule has 1 aromatic heterocycles. The van der Waals surface area contributed by atoms with Crippen LogP contribution in [0, 0.1) is 0 Å². The Morgan fingerprint density at radius 3 is 2.66 bits per heavy atom. The lowest BCUT2D eigenvalue weighted by Crippen LogP contribution is -2.51. The molecule has 0 aromatic carbocycles. The molecule has 0 spiro atoms. The van der Waals surface area contributed by atoms with Gasteiger partial charge >= 0.3 is 6.09 Å². The van der Waals surface area contributed by atoms with Crippen molar-refractivity contribution in [1.29, 1.82) is 0 Å². The fourth-order valence-corrected chi connectivity index (χ4v) is 4.48. The third kappa shape index (κ3) is 8.10. The van der Waals surface area contributed by atoms with Gasteiger partial charge in [-0.05, 0) is 81.6 Å². The Bertz CT molecular complexity index is 638. The Labute approximate surface area is 185 Å². The normalized spacial score (nSPS) is 16.9. The Balaban J connectivity index is 1.77. The number of carbonyl (C=O) groups excluding carboxylic acids is 1. The predicted molar refractivity (Wildman–Crippen MR) is 124 cm³/mol. The molecule has 0 aliphatic carbocycles. The quantitative estimate of drug-likeness (QED) is 0.629. The molecule has 6 nitrogen and oxygen atoms in total. The van der Waals surface area contributed by atoms with Crippen LogP contribution in [0.3, 0.4) is 0 Å². The topological polar surface area (TPSA) is 56.8 Å². The highest BCUT2D eigenvalue weighted by molar-refractivity contribution is 7.80. The van der Waals surface area contributed by atoms with Gasteiger partial charge in [0.15, 0.2) is 5.11 Å². The molecule has 1 amide bonds. The lowest BCUT2D eigenvalue weighted by atomic mass is 10.0. The first-order valence-electron chi connectivity index (χ1n) is 10.4. The summed E-state index contributed by atoms with van der Waals surface area (Å²) in [5.41, 5.74) is 0.858. The van der Waals surface area contributed by atoms with Crippen molar-refractivity contribution in [3.63, 3.8) is 0 Å². The van der Waals surface area contributed by atoms with Crippen LogP contribution >= 0.6 is 23.6 Å². The summed E-state index contributed by atoms with van der Waals surface area (Å²) in [5, 5.41) is 11.2. The molecule has 0 bridgehead atoms. The Morgan fingerprint density at radius 1 is 1.41 bits per heavy atom. The van der Waals surface area contributed by atoms with Crippen LogP contribution in [0.4, 0.5) is 4.79 Å². The van der Waals surface area contributed by atoms with Crippen LogP contribution in [0.5, 0.6) is 0 Å². The van der Waals surface area contributed by atoms with Gasteiger partial charge in [-0.3, -0.25) is 0 Å². The highest BCUT2D eigenvalue weighted by Gasteiger charge is 2.28. The molecule has 1 atom stereocenters. The largest absolute Gasteiger partial charge is 0.444 e. The SMILES string of the molecule is CNC(=S)N(Cc1ccsc1)C1CCN(C(C)CCNC(=O)OC(C)(C)C)CC1. The third-order valence-corrected chi connectivity index (χ3v) is 6.37. The summed E-state index contributed by atoms with van der Waals surface area (Å²) in [6, 6.07) is 3.05. The van der Waals surface area contributed by atoms with E-state index in [0.29, 0.717) is 18.6 Å². The molecule has 2 rings (SSSR count). The van der Waals surface area contributed by atoms with Gasteiger partial charge in [0.25, 0.3) is 0 Å². The van der Waals surface area contributed by atoms with Crippen molar-refractivity contribution in [2.24, 2.45) is 0 Å². The van der Waals surface area contributed by atoms with Crippen LogP contribution in [0.1, 0.15) is 52.5 Å². The van der Waals surface area contributed by atoms with Crippen molar-refractivity contribution in [2.75, 3.05) is 26.7 Å². The maximum atomic E-state index is 11.8. The average Bonchev–Trinajstić information content (AvgIpc) is 3.17. The molecule has 1 aliphatic heterocycles. The van der Waals surface area contributed by atoms with Gasteiger partial charge in [-0.2, -0.15) is 11.3 Å². The first kappa shape index (κ1) is 23.9. The Kier molecular flexibility index (Phi) is 9.17.